The number of aliphatic hydroxyl groups excluding tert-OH is 1. The van der Waals surface area contributed by atoms with Gasteiger partial charge in [-0.2, -0.15) is 0 Å². The lowest BCUT2D eigenvalue weighted by atomic mass is 9.96. The van der Waals surface area contributed by atoms with Gasteiger partial charge < -0.3 is 10.4 Å². The number of hydrogen-bond donors (Lipinski definition) is 2. The first-order valence-electron chi connectivity index (χ1n) is 6.01. The van der Waals surface area contributed by atoms with Crippen molar-refractivity contribution in [3.63, 3.8) is 0 Å². The second-order valence-electron chi connectivity index (χ2n) is 5.25. The maximum absolute atomic E-state index is 12.8. The lowest BCUT2D eigenvalue weighted by Crippen LogP contribution is -2.46. The Morgan fingerprint density at radius 3 is 2.44 bits per heavy atom. The van der Waals surface area contributed by atoms with Gasteiger partial charge in [-0.25, -0.2) is 4.39 Å². The number of aliphatic hydroxyl groups is 1. The molecule has 0 aromatic heterocycles. The van der Waals surface area contributed by atoms with Crippen LogP contribution in [-0.2, 0) is 4.79 Å². The van der Waals surface area contributed by atoms with Gasteiger partial charge in [-0.05, 0) is 37.5 Å². The number of benzene rings is 1. The van der Waals surface area contributed by atoms with Crippen LogP contribution in [0.3, 0.4) is 0 Å². The number of amides is 1. The van der Waals surface area contributed by atoms with Crippen LogP contribution in [0.5, 0.6) is 0 Å². The Morgan fingerprint density at radius 1 is 1.39 bits per heavy atom. The van der Waals surface area contributed by atoms with Crippen molar-refractivity contribution in [3.8, 4) is 0 Å². The molecule has 1 aromatic rings. The van der Waals surface area contributed by atoms with Crippen LogP contribution in [0.15, 0.2) is 24.3 Å². The first kappa shape index (κ1) is 14.6. The van der Waals surface area contributed by atoms with Crippen LogP contribution < -0.4 is 5.32 Å². The van der Waals surface area contributed by atoms with Crippen molar-refractivity contribution in [2.24, 2.45) is 0 Å². The van der Waals surface area contributed by atoms with Gasteiger partial charge in [-0.3, -0.25) is 4.79 Å². The van der Waals surface area contributed by atoms with E-state index >= 15 is 0 Å². The first-order valence-corrected chi connectivity index (χ1v) is 6.01. The zero-order valence-electron chi connectivity index (χ0n) is 11.0. The Hall–Kier alpha value is -1.42. The minimum absolute atomic E-state index is 0.0140. The molecule has 0 spiro atoms. The summed E-state index contributed by atoms with van der Waals surface area (Å²) in [6.45, 7) is 5.32. The van der Waals surface area contributed by atoms with Crippen molar-refractivity contribution in [2.45, 2.75) is 38.6 Å². The Bertz CT molecular complexity index is 401. The maximum atomic E-state index is 12.8. The Labute approximate surface area is 107 Å². The summed E-state index contributed by atoms with van der Waals surface area (Å²) in [7, 11) is 0. The van der Waals surface area contributed by atoms with Crippen molar-refractivity contribution in [2.75, 3.05) is 6.61 Å². The molecule has 0 heterocycles. The zero-order valence-corrected chi connectivity index (χ0v) is 11.0. The van der Waals surface area contributed by atoms with Crippen molar-refractivity contribution in [1.82, 2.24) is 5.32 Å². The summed E-state index contributed by atoms with van der Waals surface area (Å²) < 4.78 is 12.8. The Kier molecular flexibility index (Phi) is 4.84. The van der Waals surface area contributed by atoms with Gasteiger partial charge in [0.2, 0.25) is 5.91 Å². The van der Waals surface area contributed by atoms with E-state index in [4.69, 9.17) is 5.11 Å². The molecule has 4 heteroatoms. The molecule has 0 fully saturated rings. The van der Waals surface area contributed by atoms with Crippen LogP contribution >= 0.6 is 0 Å². The second-order valence-corrected chi connectivity index (χ2v) is 5.25. The minimum atomic E-state index is -0.612. The summed E-state index contributed by atoms with van der Waals surface area (Å²) in [5.41, 5.74) is 0.313. The van der Waals surface area contributed by atoms with Crippen LogP contribution in [0.4, 0.5) is 4.39 Å². The minimum Gasteiger partial charge on any atom is -0.394 e. The summed E-state index contributed by atoms with van der Waals surface area (Å²) in [4.78, 5) is 11.8. The summed E-state index contributed by atoms with van der Waals surface area (Å²) in [5.74, 6) is -0.386. The van der Waals surface area contributed by atoms with Crippen molar-refractivity contribution < 1.29 is 14.3 Å². The highest BCUT2D eigenvalue weighted by Crippen LogP contribution is 2.19. The quantitative estimate of drug-likeness (QED) is 0.845. The normalized spacial score (nSPS) is 13.2. The molecule has 3 nitrogen and oxygen atoms in total. The summed E-state index contributed by atoms with van der Waals surface area (Å²) in [6.07, 6.45) is 0.315. The smallest absolute Gasteiger partial charge is 0.221 e. The predicted octanol–water partition coefficient (Wildman–Crippen LogP) is 2.21. The topological polar surface area (TPSA) is 49.3 Å². The highest BCUT2D eigenvalue weighted by Gasteiger charge is 2.20. The fourth-order valence-electron chi connectivity index (χ4n) is 1.66. The molecule has 0 aliphatic carbocycles. The lowest BCUT2D eigenvalue weighted by Gasteiger charge is -2.24. The van der Waals surface area contributed by atoms with Crippen molar-refractivity contribution >= 4 is 5.91 Å². The molecule has 2 N–H and O–H groups in total. The second kappa shape index (κ2) is 5.96. The molecule has 1 aromatic carbocycles. The number of hydrogen-bond acceptors (Lipinski definition) is 2. The third-order valence-corrected chi connectivity index (χ3v) is 2.80. The molecule has 1 unspecified atom stereocenters. The van der Waals surface area contributed by atoms with Crippen LogP contribution in [-0.4, -0.2) is 23.2 Å². The number of nitrogens with one attached hydrogen (secondary N) is 1. The van der Waals surface area contributed by atoms with Gasteiger partial charge in [-0.1, -0.05) is 19.1 Å². The highest BCUT2D eigenvalue weighted by atomic mass is 19.1. The van der Waals surface area contributed by atoms with E-state index in [0.29, 0.717) is 6.42 Å². The van der Waals surface area contributed by atoms with Gasteiger partial charge in [0.1, 0.15) is 5.82 Å². The summed E-state index contributed by atoms with van der Waals surface area (Å²) in [6, 6.07) is 6.15. The largest absolute Gasteiger partial charge is 0.394 e. The lowest BCUT2D eigenvalue weighted by molar-refractivity contribution is -0.123. The van der Waals surface area contributed by atoms with Gasteiger partial charge in [0.05, 0.1) is 12.1 Å². The van der Waals surface area contributed by atoms with Gasteiger partial charge in [0.15, 0.2) is 0 Å². The van der Waals surface area contributed by atoms with E-state index in [0.717, 1.165) is 5.56 Å². The third-order valence-electron chi connectivity index (χ3n) is 2.80. The number of carbonyl (C=O) groups excluding carboxylic acids is 1. The van der Waals surface area contributed by atoms with E-state index in [2.05, 4.69) is 5.32 Å². The molecular formula is C14H20FNO2. The molecule has 0 saturated heterocycles. The first-order chi connectivity index (χ1) is 8.34. The molecular weight excluding hydrogens is 233 g/mol. The van der Waals surface area contributed by atoms with E-state index < -0.39 is 5.54 Å². The zero-order chi connectivity index (χ0) is 13.8. The van der Waals surface area contributed by atoms with Gasteiger partial charge in [-0.15, -0.1) is 0 Å². The molecule has 0 bridgehead atoms. The molecule has 100 valence electrons. The van der Waals surface area contributed by atoms with E-state index in [1.54, 1.807) is 26.0 Å². The van der Waals surface area contributed by atoms with Gasteiger partial charge >= 0.3 is 0 Å². The van der Waals surface area contributed by atoms with Crippen LogP contribution in [0, 0.1) is 5.82 Å². The van der Waals surface area contributed by atoms with Gasteiger partial charge in [0.25, 0.3) is 0 Å². The average Bonchev–Trinajstić information content (AvgIpc) is 2.29. The standard InChI is InChI=1S/C14H20FNO2/c1-10(11-4-6-12(15)7-5-11)8-13(18)16-14(2,3)9-17/h4-7,10,17H,8-9H2,1-3H3,(H,16,18). The highest BCUT2D eigenvalue weighted by molar-refractivity contribution is 5.77. The van der Waals surface area contributed by atoms with Crippen LogP contribution in [0.25, 0.3) is 0 Å². The monoisotopic (exact) mass is 253 g/mol. The predicted molar refractivity (Wildman–Crippen MR) is 68.7 cm³/mol. The fraction of sp³-hybridized carbons (Fsp3) is 0.500. The molecule has 0 saturated carbocycles. The Balaban J connectivity index is 2.57. The van der Waals surface area contributed by atoms with E-state index in [1.165, 1.54) is 12.1 Å². The maximum Gasteiger partial charge on any atom is 0.221 e. The molecule has 0 radical (unpaired) electrons. The Morgan fingerprint density at radius 2 is 1.94 bits per heavy atom. The van der Waals surface area contributed by atoms with Crippen molar-refractivity contribution in [1.29, 1.82) is 0 Å². The van der Waals surface area contributed by atoms with E-state index in [-0.39, 0.29) is 24.2 Å². The molecule has 18 heavy (non-hydrogen) atoms. The van der Waals surface area contributed by atoms with Crippen LogP contribution in [0.2, 0.25) is 0 Å². The van der Waals surface area contributed by atoms with Gasteiger partial charge in [0, 0.05) is 6.42 Å². The number of carbonyl (C=O) groups is 1. The summed E-state index contributed by atoms with van der Waals surface area (Å²) >= 11 is 0. The molecule has 0 aliphatic rings. The van der Waals surface area contributed by atoms with Crippen molar-refractivity contribution in [3.05, 3.63) is 35.6 Å². The van der Waals surface area contributed by atoms with Crippen LogP contribution in [0.1, 0.15) is 38.7 Å². The average molecular weight is 253 g/mol. The third kappa shape index (κ3) is 4.45. The fourth-order valence-corrected chi connectivity index (χ4v) is 1.66. The van der Waals surface area contributed by atoms with E-state index in [1.807, 2.05) is 6.92 Å². The molecule has 1 amide bonds. The molecule has 1 rings (SSSR count). The SMILES string of the molecule is CC(CC(=O)NC(C)(C)CO)c1ccc(F)cc1. The number of rotatable bonds is 5. The van der Waals surface area contributed by atoms with E-state index in [9.17, 15) is 9.18 Å². The summed E-state index contributed by atoms with van der Waals surface area (Å²) in [5, 5.41) is 11.8. The molecule has 0 aliphatic heterocycles. The molecule has 1 atom stereocenters. The number of halogens is 1.